The average molecular weight is 396 g/mol. The smallest absolute Gasteiger partial charge is 0.381 e. The van der Waals surface area contributed by atoms with Crippen LogP contribution in [0.4, 0.5) is 11.6 Å². The number of hydrogen-bond acceptors (Lipinski definition) is 9. The highest BCUT2D eigenvalue weighted by Crippen LogP contribution is 2.19. The highest BCUT2D eigenvalue weighted by atomic mass is 16.6. The van der Waals surface area contributed by atoms with Crippen LogP contribution in [0.3, 0.4) is 0 Å². The minimum atomic E-state index is -1.00. The lowest BCUT2D eigenvalue weighted by molar-refractivity contribution is -0.389. The molecule has 12 nitrogen and oxygen atoms in total. The maximum absolute atomic E-state index is 11.4. The Morgan fingerprint density at radius 3 is 1.75 bits per heavy atom. The van der Waals surface area contributed by atoms with E-state index in [9.17, 15) is 19.7 Å². The Balaban J connectivity index is 0.000000283. The fourth-order valence-corrected chi connectivity index (χ4v) is 2.07. The fourth-order valence-electron chi connectivity index (χ4n) is 2.07. The standard InChI is InChI=1S/C8H11N3O4.C8H13N3O2/c1-8(2,7(12)15-3)10-4-6(9-5-10)11(13)14;1-8(2,7(12)13-3)11-4-6(9)10-5-11/h4-5H,1-3H3;4-5H,9H2,1-3H3. The van der Waals surface area contributed by atoms with Crippen LogP contribution in [0.2, 0.25) is 0 Å². The van der Waals surface area contributed by atoms with Crippen LogP contribution in [0, 0.1) is 10.1 Å². The van der Waals surface area contributed by atoms with Gasteiger partial charge in [0.25, 0.3) is 0 Å². The van der Waals surface area contributed by atoms with E-state index in [4.69, 9.17) is 5.73 Å². The summed E-state index contributed by atoms with van der Waals surface area (Å²) < 4.78 is 12.2. The molecule has 0 amide bonds. The Bertz CT molecular complexity index is 853. The molecule has 154 valence electrons. The van der Waals surface area contributed by atoms with Crippen LogP contribution < -0.4 is 5.73 Å². The summed E-state index contributed by atoms with van der Waals surface area (Å²) in [6.07, 6.45) is 5.52. The molecule has 2 heterocycles. The number of hydrogen-bond donors (Lipinski definition) is 1. The maximum atomic E-state index is 11.4. The van der Waals surface area contributed by atoms with Gasteiger partial charge in [-0.25, -0.2) is 14.6 Å². The third kappa shape index (κ3) is 4.84. The quantitative estimate of drug-likeness (QED) is 0.443. The van der Waals surface area contributed by atoms with Gasteiger partial charge >= 0.3 is 17.8 Å². The van der Waals surface area contributed by atoms with Gasteiger partial charge in [-0.15, -0.1) is 0 Å². The van der Waals surface area contributed by atoms with Gasteiger partial charge in [0.05, 0.1) is 20.5 Å². The molecule has 0 radical (unpaired) electrons. The van der Waals surface area contributed by atoms with Crippen LogP contribution in [0.25, 0.3) is 0 Å². The van der Waals surface area contributed by atoms with Crippen molar-refractivity contribution in [2.24, 2.45) is 0 Å². The second kappa shape index (κ2) is 8.50. The van der Waals surface area contributed by atoms with Gasteiger partial charge < -0.3 is 29.9 Å². The minimum Gasteiger partial charge on any atom is -0.467 e. The van der Waals surface area contributed by atoms with Crippen molar-refractivity contribution in [3.63, 3.8) is 0 Å². The molecule has 12 heteroatoms. The van der Waals surface area contributed by atoms with Crippen molar-refractivity contribution in [2.75, 3.05) is 20.0 Å². The lowest BCUT2D eigenvalue weighted by Gasteiger charge is -2.22. The maximum Gasteiger partial charge on any atom is 0.381 e. The summed E-state index contributed by atoms with van der Waals surface area (Å²) in [7, 11) is 2.61. The second-order valence-corrected chi connectivity index (χ2v) is 6.70. The van der Waals surface area contributed by atoms with Crippen molar-refractivity contribution in [1.82, 2.24) is 19.1 Å². The molecular formula is C16H24N6O6. The molecule has 0 aliphatic carbocycles. The monoisotopic (exact) mass is 396 g/mol. The van der Waals surface area contributed by atoms with Crippen molar-refractivity contribution in [1.29, 1.82) is 0 Å². The van der Waals surface area contributed by atoms with Crippen molar-refractivity contribution < 1.29 is 24.0 Å². The molecule has 2 N–H and O–H groups in total. The first kappa shape index (κ1) is 22.6. The minimum absolute atomic E-state index is 0.299. The van der Waals surface area contributed by atoms with Gasteiger partial charge in [0.15, 0.2) is 0 Å². The number of nitrogens with zero attached hydrogens (tertiary/aromatic N) is 5. The summed E-state index contributed by atoms with van der Waals surface area (Å²) in [5.41, 5.74) is 3.66. The molecule has 0 spiro atoms. The van der Waals surface area contributed by atoms with Gasteiger partial charge in [0.1, 0.15) is 23.1 Å². The van der Waals surface area contributed by atoms with Crippen LogP contribution in [0.1, 0.15) is 27.7 Å². The molecule has 2 aromatic heterocycles. The predicted molar refractivity (Wildman–Crippen MR) is 98.2 cm³/mol. The number of nitrogens with two attached hydrogens (primary N) is 1. The SMILES string of the molecule is COC(=O)C(C)(C)n1cnc(N)c1.COC(=O)C(C)(C)n1cnc([N+](=O)[O-])c1. The largest absolute Gasteiger partial charge is 0.467 e. The lowest BCUT2D eigenvalue weighted by Crippen LogP contribution is -2.35. The summed E-state index contributed by atoms with van der Waals surface area (Å²) >= 11 is 0. The van der Waals surface area contributed by atoms with E-state index in [0.717, 1.165) is 0 Å². The zero-order valence-electron chi connectivity index (χ0n) is 16.6. The van der Waals surface area contributed by atoms with E-state index in [1.807, 2.05) is 0 Å². The van der Waals surface area contributed by atoms with Crippen LogP contribution in [0.5, 0.6) is 0 Å². The highest BCUT2D eigenvalue weighted by Gasteiger charge is 2.33. The first-order valence-corrected chi connectivity index (χ1v) is 8.03. The Labute approximate surface area is 161 Å². The molecule has 0 aliphatic rings. The highest BCUT2D eigenvalue weighted by molar-refractivity contribution is 5.78. The molecule has 0 saturated heterocycles. The second-order valence-electron chi connectivity index (χ2n) is 6.70. The Morgan fingerprint density at radius 1 is 1.00 bits per heavy atom. The summed E-state index contributed by atoms with van der Waals surface area (Å²) in [4.78, 5) is 39.9. The molecule has 0 fully saturated rings. The van der Waals surface area contributed by atoms with Gasteiger partial charge in [-0.05, 0) is 37.6 Å². The molecule has 2 rings (SSSR count). The molecule has 28 heavy (non-hydrogen) atoms. The number of carbonyl (C=O) groups excluding carboxylic acids is 2. The van der Waals surface area contributed by atoms with E-state index in [2.05, 4.69) is 19.4 Å². The molecule has 0 atom stereocenters. The third-order valence-corrected chi connectivity index (χ3v) is 4.02. The van der Waals surface area contributed by atoms with Crippen LogP contribution in [-0.2, 0) is 30.1 Å². The molecule has 0 bridgehead atoms. The van der Waals surface area contributed by atoms with Crippen LogP contribution >= 0.6 is 0 Å². The average Bonchev–Trinajstić information content (AvgIpc) is 3.30. The number of esters is 2. The zero-order chi connectivity index (χ0) is 21.7. The normalized spacial score (nSPS) is 11.2. The van der Waals surface area contributed by atoms with Crippen molar-refractivity contribution in [3.05, 3.63) is 35.2 Å². The number of rotatable bonds is 5. The molecule has 0 aromatic carbocycles. The van der Waals surface area contributed by atoms with Gasteiger partial charge in [0.2, 0.25) is 6.33 Å². The van der Waals surface area contributed by atoms with E-state index in [0.29, 0.717) is 5.82 Å². The van der Waals surface area contributed by atoms with Crippen molar-refractivity contribution >= 4 is 23.6 Å². The number of nitro groups is 1. The van der Waals surface area contributed by atoms with Gasteiger partial charge in [-0.1, -0.05) is 0 Å². The number of ether oxygens (including phenoxy) is 2. The molecule has 0 aliphatic heterocycles. The van der Waals surface area contributed by atoms with Crippen molar-refractivity contribution in [2.45, 2.75) is 38.8 Å². The third-order valence-electron chi connectivity index (χ3n) is 4.02. The van der Waals surface area contributed by atoms with Gasteiger partial charge in [-0.2, -0.15) is 0 Å². The van der Waals surface area contributed by atoms with Gasteiger partial charge in [0, 0.05) is 6.20 Å². The van der Waals surface area contributed by atoms with Crippen LogP contribution in [-0.4, -0.2) is 50.2 Å². The Hall–Kier alpha value is -3.44. The summed E-state index contributed by atoms with van der Waals surface area (Å²) in [5.74, 6) is -0.733. The van der Waals surface area contributed by atoms with E-state index in [1.165, 1.54) is 37.6 Å². The number of anilines is 1. The van der Waals surface area contributed by atoms with Gasteiger partial charge in [-0.3, -0.25) is 4.57 Å². The van der Waals surface area contributed by atoms with Crippen LogP contribution in [0.15, 0.2) is 25.0 Å². The first-order chi connectivity index (χ1) is 12.9. The van der Waals surface area contributed by atoms with Crippen molar-refractivity contribution in [3.8, 4) is 0 Å². The lowest BCUT2D eigenvalue weighted by atomic mass is 10.1. The summed E-state index contributed by atoms with van der Waals surface area (Å²) in [6.45, 7) is 6.65. The number of aromatic nitrogens is 4. The van der Waals surface area contributed by atoms with E-state index in [-0.39, 0.29) is 11.8 Å². The molecule has 0 saturated carbocycles. The molecule has 2 aromatic rings. The van der Waals surface area contributed by atoms with E-state index < -0.39 is 22.0 Å². The fraction of sp³-hybridized carbons (Fsp3) is 0.500. The summed E-state index contributed by atoms with van der Waals surface area (Å²) in [6, 6.07) is 0. The number of imidazole rings is 2. The Morgan fingerprint density at radius 2 is 1.43 bits per heavy atom. The topological polar surface area (TPSA) is 157 Å². The number of nitrogen functional groups attached to an aromatic ring is 1. The predicted octanol–water partition coefficient (Wildman–Crippen LogP) is 1.07. The number of methoxy groups -OCH3 is 2. The number of carbonyl (C=O) groups is 2. The van der Waals surface area contributed by atoms with E-state index >= 15 is 0 Å². The summed E-state index contributed by atoms with van der Waals surface area (Å²) in [5, 5.41) is 10.4. The molecular weight excluding hydrogens is 372 g/mol. The molecule has 0 unspecified atom stereocenters. The first-order valence-electron chi connectivity index (χ1n) is 8.03. The Kier molecular flexibility index (Phi) is 6.86. The van der Waals surface area contributed by atoms with E-state index in [1.54, 1.807) is 38.5 Å². The zero-order valence-corrected chi connectivity index (χ0v) is 16.6.